The van der Waals surface area contributed by atoms with Gasteiger partial charge < -0.3 is 5.32 Å². The van der Waals surface area contributed by atoms with Gasteiger partial charge in [-0.1, -0.05) is 6.92 Å². The molecule has 5 heteroatoms. The number of hydrogen-bond acceptors (Lipinski definition) is 2. The molecular formula is C11H23F3N2. The minimum atomic E-state index is -4.13. The second kappa shape index (κ2) is 6.45. The van der Waals surface area contributed by atoms with Crippen molar-refractivity contribution in [1.29, 1.82) is 0 Å². The minimum absolute atomic E-state index is 0.0507. The maximum absolute atomic E-state index is 12.4. The van der Waals surface area contributed by atoms with E-state index >= 15 is 0 Å². The molecule has 0 bridgehead atoms. The highest BCUT2D eigenvalue weighted by Crippen LogP contribution is 2.20. The average Bonchev–Trinajstić information content (AvgIpc) is 2.11. The molecule has 2 atom stereocenters. The number of nitrogens with one attached hydrogen (secondary N) is 1. The van der Waals surface area contributed by atoms with Crippen molar-refractivity contribution >= 4 is 0 Å². The zero-order valence-corrected chi connectivity index (χ0v) is 10.7. The van der Waals surface area contributed by atoms with Crippen LogP contribution in [0.1, 0.15) is 34.6 Å². The molecule has 0 aromatic carbocycles. The Morgan fingerprint density at radius 3 is 1.94 bits per heavy atom. The van der Waals surface area contributed by atoms with Crippen LogP contribution in [0.2, 0.25) is 0 Å². The van der Waals surface area contributed by atoms with Gasteiger partial charge in [0.05, 0.1) is 6.54 Å². The summed E-state index contributed by atoms with van der Waals surface area (Å²) in [5, 5.41) is 3.16. The van der Waals surface area contributed by atoms with E-state index in [9.17, 15) is 13.2 Å². The summed E-state index contributed by atoms with van der Waals surface area (Å²) >= 11 is 0. The van der Waals surface area contributed by atoms with Gasteiger partial charge in [-0.05, 0) is 34.2 Å². The van der Waals surface area contributed by atoms with E-state index in [-0.39, 0.29) is 18.1 Å². The molecule has 0 spiro atoms. The fraction of sp³-hybridized carbons (Fsp3) is 1.00. The molecule has 0 rings (SSSR count). The van der Waals surface area contributed by atoms with E-state index < -0.39 is 12.7 Å². The normalized spacial score (nSPS) is 16.9. The molecule has 0 aliphatic carbocycles. The Labute approximate surface area is 96.2 Å². The summed E-state index contributed by atoms with van der Waals surface area (Å²) in [4.78, 5) is 1.48. The highest BCUT2D eigenvalue weighted by molar-refractivity contribution is 4.81. The smallest absolute Gasteiger partial charge is 0.313 e. The number of nitrogens with zero attached hydrogens (tertiary/aromatic N) is 1. The molecule has 2 unspecified atom stereocenters. The molecule has 0 fully saturated rings. The quantitative estimate of drug-likeness (QED) is 0.768. The van der Waals surface area contributed by atoms with Crippen LogP contribution in [0.15, 0.2) is 0 Å². The third-order valence-electron chi connectivity index (χ3n) is 2.80. The van der Waals surface area contributed by atoms with E-state index in [1.807, 2.05) is 20.8 Å². The molecule has 0 amide bonds. The Balaban J connectivity index is 4.52. The van der Waals surface area contributed by atoms with Gasteiger partial charge in [-0.3, -0.25) is 4.90 Å². The van der Waals surface area contributed by atoms with Crippen molar-refractivity contribution in [2.24, 2.45) is 0 Å². The van der Waals surface area contributed by atoms with Crippen LogP contribution in [-0.4, -0.2) is 42.3 Å². The van der Waals surface area contributed by atoms with Gasteiger partial charge in [0.15, 0.2) is 0 Å². The van der Waals surface area contributed by atoms with Crippen LogP contribution in [0.5, 0.6) is 0 Å². The van der Waals surface area contributed by atoms with Crippen LogP contribution in [0.4, 0.5) is 13.2 Å². The predicted molar refractivity (Wildman–Crippen MR) is 60.5 cm³/mol. The van der Waals surface area contributed by atoms with Crippen molar-refractivity contribution in [3.63, 3.8) is 0 Å². The monoisotopic (exact) mass is 240 g/mol. The van der Waals surface area contributed by atoms with E-state index in [1.54, 1.807) is 13.8 Å². The van der Waals surface area contributed by atoms with Gasteiger partial charge in [0.25, 0.3) is 0 Å². The van der Waals surface area contributed by atoms with Crippen LogP contribution < -0.4 is 5.32 Å². The minimum Gasteiger partial charge on any atom is -0.313 e. The van der Waals surface area contributed by atoms with E-state index in [0.29, 0.717) is 0 Å². The van der Waals surface area contributed by atoms with Crippen LogP contribution in [0.3, 0.4) is 0 Å². The molecule has 0 heterocycles. The summed E-state index contributed by atoms with van der Waals surface area (Å²) in [6.07, 6.45) is -4.13. The molecule has 0 aromatic rings. The van der Waals surface area contributed by atoms with E-state index in [2.05, 4.69) is 5.32 Å². The Morgan fingerprint density at radius 1 is 1.12 bits per heavy atom. The number of hydrogen-bond donors (Lipinski definition) is 1. The molecule has 0 aromatic heterocycles. The third-order valence-corrected chi connectivity index (χ3v) is 2.80. The van der Waals surface area contributed by atoms with Gasteiger partial charge in [-0.25, -0.2) is 0 Å². The van der Waals surface area contributed by atoms with Crippen LogP contribution >= 0.6 is 0 Å². The second-order valence-electron chi connectivity index (χ2n) is 4.47. The molecule has 0 aliphatic rings. The van der Waals surface area contributed by atoms with Crippen LogP contribution in [0, 0.1) is 0 Å². The lowest BCUT2D eigenvalue weighted by molar-refractivity contribution is -0.155. The highest BCUT2D eigenvalue weighted by Gasteiger charge is 2.35. The number of likely N-dealkylation sites (N-methyl/N-ethyl adjacent to an activating group) is 1. The molecule has 0 radical (unpaired) electrons. The zero-order valence-electron chi connectivity index (χ0n) is 10.7. The average molecular weight is 240 g/mol. The largest absolute Gasteiger partial charge is 0.401 e. The first-order chi connectivity index (χ1) is 7.19. The maximum Gasteiger partial charge on any atom is 0.401 e. The Kier molecular flexibility index (Phi) is 6.33. The first kappa shape index (κ1) is 15.7. The van der Waals surface area contributed by atoms with Crippen molar-refractivity contribution in [3.05, 3.63) is 0 Å². The highest BCUT2D eigenvalue weighted by atomic mass is 19.4. The summed E-state index contributed by atoms with van der Waals surface area (Å²) < 4.78 is 37.2. The summed E-state index contributed by atoms with van der Waals surface area (Å²) in [7, 11) is 0. The van der Waals surface area contributed by atoms with Gasteiger partial charge in [-0.2, -0.15) is 13.2 Å². The lowest BCUT2D eigenvalue weighted by Gasteiger charge is -2.36. The SMILES string of the molecule is CCNC(C)C(C)N(CC(F)(F)F)C(C)C. The lowest BCUT2D eigenvalue weighted by atomic mass is 10.1. The van der Waals surface area contributed by atoms with Crippen molar-refractivity contribution in [3.8, 4) is 0 Å². The first-order valence-electron chi connectivity index (χ1n) is 5.75. The third kappa shape index (κ3) is 5.70. The summed E-state index contributed by atoms with van der Waals surface area (Å²) in [5.41, 5.74) is 0. The molecule has 0 saturated carbocycles. The van der Waals surface area contributed by atoms with Gasteiger partial charge in [0.1, 0.15) is 0 Å². The van der Waals surface area contributed by atoms with Crippen molar-refractivity contribution in [2.45, 2.75) is 58.9 Å². The van der Waals surface area contributed by atoms with Gasteiger partial charge in [-0.15, -0.1) is 0 Å². The Morgan fingerprint density at radius 2 is 1.62 bits per heavy atom. The number of halogens is 3. The fourth-order valence-electron chi connectivity index (χ4n) is 1.78. The van der Waals surface area contributed by atoms with Gasteiger partial charge >= 0.3 is 6.18 Å². The zero-order chi connectivity index (χ0) is 12.9. The van der Waals surface area contributed by atoms with E-state index in [0.717, 1.165) is 6.54 Å². The second-order valence-corrected chi connectivity index (χ2v) is 4.47. The van der Waals surface area contributed by atoms with Crippen molar-refractivity contribution in [1.82, 2.24) is 10.2 Å². The fourth-order valence-corrected chi connectivity index (χ4v) is 1.78. The van der Waals surface area contributed by atoms with Crippen LogP contribution in [0.25, 0.3) is 0 Å². The maximum atomic E-state index is 12.4. The summed E-state index contributed by atoms with van der Waals surface area (Å²) in [6, 6.07) is -0.200. The number of rotatable bonds is 6. The van der Waals surface area contributed by atoms with Crippen molar-refractivity contribution < 1.29 is 13.2 Å². The van der Waals surface area contributed by atoms with Crippen LogP contribution in [-0.2, 0) is 0 Å². The number of alkyl halides is 3. The Hall–Kier alpha value is -0.290. The lowest BCUT2D eigenvalue weighted by Crippen LogP contribution is -2.52. The summed E-state index contributed by atoms with van der Waals surface area (Å²) in [6.45, 7) is 9.21. The molecule has 1 N–H and O–H groups in total. The van der Waals surface area contributed by atoms with E-state index in [1.165, 1.54) is 4.90 Å². The van der Waals surface area contributed by atoms with E-state index in [4.69, 9.17) is 0 Å². The van der Waals surface area contributed by atoms with Gasteiger partial charge in [0.2, 0.25) is 0 Å². The first-order valence-corrected chi connectivity index (χ1v) is 5.75. The molecule has 0 saturated heterocycles. The summed E-state index contributed by atoms with van der Waals surface area (Å²) in [5.74, 6) is 0. The topological polar surface area (TPSA) is 15.3 Å². The Bertz CT molecular complexity index is 192. The molecule has 0 aliphatic heterocycles. The molecular weight excluding hydrogens is 217 g/mol. The predicted octanol–water partition coefficient (Wildman–Crippen LogP) is 2.65. The van der Waals surface area contributed by atoms with Crippen molar-refractivity contribution in [2.75, 3.05) is 13.1 Å². The molecule has 2 nitrogen and oxygen atoms in total. The van der Waals surface area contributed by atoms with Gasteiger partial charge in [0, 0.05) is 18.1 Å². The molecule has 16 heavy (non-hydrogen) atoms. The standard InChI is InChI=1S/C11H23F3N2/c1-6-15-9(4)10(5)16(8(2)3)7-11(12,13)14/h8-10,15H,6-7H2,1-5H3. The molecule has 98 valence electrons.